The molecule has 0 amide bonds. The van der Waals surface area contributed by atoms with E-state index in [1.165, 1.54) is 0 Å². The number of hydrogen-bond donors (Lipinski definition) is 2. The molecule has 0 radical (unpaired) electrons. The first kappa shape index (κ1) is 16.6. The average Bonchev–Trinajstić information content (AvgIpc) is 2.42. The maximum absolute atomic E-state index is 11.5. The van der Waals surface area contributed by atoms with Crippen molar-refractivity contribution in [2.75, 3.05) is 19.6 Å². The van der Waals surface area contributed by atoms with Gasteiger partial charge in [0.1, 0.15) is 6.61 Å². The van der Waals surface area contributed by atoms with Gasteiger partial charge in [-0.25, -0.2) is 0 Å². The van der Waals surface area contributed by atoms with Crippen molar-refractivity contribution >= 4 is 17.9 Å². The first-order chi connectivity index (χ1) is 9.97. The van der Waals surface area contributed by atoms with Gasteiger partial charge in [0.05, 0.1) is 19.5 Å². The molecule has 21 heavy (non-hydrogen) atoms. The molecule has 0 spiro atoms. The molecule has 0 aliphatic heterocycles. The van der Waals surface area contributed by atoms with Crippen molar-refractivity contribution in [2.24, 2.45) is 0 Å². The summed E-state index contributed by atoms with van der Waals surface area (Å²) < 4.78 is 5.03. The van der Waals surface area contributed by atoms with Gasteiger partial charge in [0, 0.05) is 6.54 Å². The van der Waals surface area contributed by atoms with Crippen LogP contribution in [-0.4, -0.2) is 52.7 Å². The molecule has 0 fully saturated rings. The van der Waals surface area contributed by atoms with E-state index in [-0.39, 0.29) is 19.6 Å². The highest BCUT2D eigenvalue weighted by atomic mass is 16.5. The van der Waals surface area contributed by atoms with E-state index in [0.717, 1.165) is 10.5 Å². The molecule has 0 aliphatic rings. The largest absolute Gasteiger partial charge is 0.480 e. The molecular formula is C14H17NO6. The first-order valence-electron chi connectivity index (χ1n) is 6.33. The van der Waals surface area contributed by atoms with Crippen molar-refractivity contribution in [2.45, 2.75) is 13.0 Å². The zero-order chi connectivity index (χ0) is 15.7. The highest BCUT2D eigenvalue weighted by Crippen LogP contribution is 2.02. The maximum Gasteiger partial charge on any atom is 0.317 e. The Morgan fingerprint density at radius 2 is 1.57 bits per heavy atom. The molecule has 114 valence electrons. The van der Waals surface area contributed by atoms with E-state index in [1.54, 1.807) is 0 Å². The second-order valence-corrected chi connectivity index (χ2v) is 4.39. The zero-order valence-corrected chi connectivity index (χ0v) is 11.4. The Bertz CT molecular complexity index is 471. The highest BCUT2D eigenvalue weighted by Gasteiger charge is 2.15. The smallest absolute Gasteiger partial charge is 0.317 e. The number of benzene rings is 1. The van der Waals surface area contributed by atoms with Crippen LogP contribution in [0.1, 0.15) is 12.0 Å². The molecule has 0 bridgehead atoms. The molecule has 0 atom stereocenters. The van der Waals surface area contributed by atoms with E-state index >= 15 is 0 Å². The molecule has 0 saturated heterocycles. The summed E-state index contributed by atoms with van der Waals surface area (Å²) in [6.07, 6.45) is -0.0621. The van der Waals surface area contributed by atoms with Crippen molar-refractivity contribution in [3.63, 3.8) is 0 Å². The van der Waals surface area contributed by atoms with Crippen LogP contribution in [0.2, 0.25) is 0 Å². The van der Waals surface area contributed by atoms with Crippen LogP contribution in [0, 0.1) is 0 Å². The van der Waals surface area contributed by atoms with Crippen LogP contribution in [0.15, 0.2) is 30.3 Å². The molecular weight excluding hydrogens is 278 g/mol. The zero-order valence-electron chi connectivity index (χ0n) is 11.4. The van der Waals surface area contributed by atoms with Crippen LogP contribution in [0.3, 0.4) is 0 Å². The van der Waals surface area contributed by atoms with Gasteiger partial charge in [0.15, 0.2) is 0 Å². The van der Waals surface area contributed by atoms with E-state index in [2.05, 4.69) is 0 Å². The van der Waals surface area contributed by atoms with Gasteiger partial charge in [-0.3, -0.25) is 19.3 Å². The minimum atomic E-state index is -1.14. The lowest BCUT2D eigenvalue weighted by molar-refractivity contribution is -0.148. The third-order valence-electron chi connectivity index (χ3n) is 2.59. The number of carbonyl (C=O) groups excluding carboxylic acids is 1. The molecule has 1 rings (SSSR count). The quantitative estimate of drug-likeness (QED) is 0.642. The predicted octanol–water partition coefficient (Wildman–Crippen LogP) is 0.591. The summed E-state index contributed by atoms with van der Waals surface area (Å²) in [7, 11) is 0. The van der Waals surface area contributed by atoms with E-state index in [0.29, 0.717) is 0 Å². The number of aliphatic carboxylic acids is 2. The highest BCUT2D eigenvalue weighted by molar-refractivity contribution is 5.73. The Morgan fingerprint density at radius 1 is 1.00 bits per heavy atom. The van der Waals surface area contributed by atoms with Crippen LogP contribution in [-0.2, 0) is 25.7 Å². The number of ether oxygens (including phenoxy) is 1. The van der Waals surface area contributed by atoms with Crippen molar-refractivity contribution in [3.8, 4) is 0 Å². The predicted molar refractivity (Wildman–Crippen MR) is 72.6 cm³/mol. The fourth-order valence-electron chi connectivity index (χ4n) is 1.66. The fraction of sp³-hybridized carbons (Fsp3) is 0.357. The summed E-state index contributed by atoms with van der Waals surface area (Å²) >= 11 is 0. The maximum atomic E-state index is 11.5. The molecule has 0 saturated carbocycles. The van der Waals surface area contributed by atoms with E-state index in [1.807, 2.05) is 30.3 Å². The topological polar surface area (TPSA) is 104 Å². The number of rotatable bonds is 9. The van der Waals surface area contributed by atoms with Gasteiger partial charge in [-0.2, -0.15) is 0 Å². The average molecular weight is 295 g/mol. The standard InChI is InChI=1S/C14H17NO6/c16-12(17)8-15(9-13(18)19)7-6-14(20)21-10-11-4-2-1-3-5-11/h1-5H,6-10H2,(H,16,17)(H,18,19). The molecule has 1 aromatic carbocycles. The first-order valence-corrected chi connectivity index (χ1v) is 6.33. The monoisotopic (exact) mass is 295 g/mol. The fourth-order valence-corrected chi connectivity index (χ4v) is 1.66. The summed E-state index contributed by atoms with van der Waals surface area (Å²) in [5.74, 6) is -2.79. The van der Waals surface area contributed by atoms with E-state index < -0.39 is 31.0 Å². The molecule has 2 N–H and O–H groups in total. The second-order valence-electron chi connectivity index (χ2n) is 4.39. The van der Waals surface area contributed by atoms with E-state index in [9.17, 15) is 14.4 Å². The Morgan fingerprint density at radius 3 is 2.10 bits per heavy atom. The van der Waals surface area contributed by atoms with E-state index in [4.69, 9.17) is 14.9 Å². The number of nitrogens with zero attached hydrogens (tertiary/aromatic N) is 1. The lowest BCUT2D eigenvalue weighted by Gasteiger charge is -2.17. The third kappa shape index (κ3) is 7.68. The normalized spacial score (nSPS) is 10.3. The summed E-state index contributed by atoms with van der Waals surface area (Å²) in [4.78, 5) is 33.9. The van der Waals surface area contributed by atoms with Gasteiger partial charge in [-0.1, -0.05) is 30.3 Å². The van der Waals surface area contributed by atoms with Crippen molar-refractivity contribution in [1.82, 2.24) is 4.90 Å². The minimum Gasteiger partial charge on any atom is -0.480 e. The molecule has 7 nitrogen and oxygen atoms in total. The lowest BCUT2D eigenvalue weighted by atomic mass is 10.2. The Kier molecular flexibility index (Phi) is 6.90. The van der Waals surface area contributed by atoms with Gasteiger partial charge in [-0.15, -0.1) is 0 Å². The second kappa shape index (κ2) is 8.70. The Hall–Kier alpha value is -2.41. The lowest BCUT2D eigenvalue weighted by Crippen LogP contribution is -2.36. The number of esters is 1. The number of carboxylic acids is 2. The van der Waals surface area contributed by atoms with Crippen LogP contribution in [0.25, 0.3) is 0 Å². The summed E-state index contributed by atoms with van der Waals surface area (Å²) in [6, 6.07) is 9.12. The van der Waals surface area contributed by atoms with Gasteiger partial charge in [0.25, 0.3) is 0 Å². The van der Waals surface area contributed by atoms with Crippen LogP contribution >= 0.6 is 0 Å². The van der Waals surface area contributed by atoms with Gasteiger partial charge in [0.2, 0.25) is 0 Å². The number of hydrogen-bond acceptors (Lipinski definition) is 5. The Balaban J connectivity index is 2.35. The summed E-state index contributed by atoms with van der Waals surface area (Å²) in [6.45, 7) is -0.708. The summed E-state index contributed by atoms with van der Waals surface area (Å²) in [5, 5.41) is 17.3. The molecule has 0 aromatic heterocycles. The summed E-state index contributed by atoms with van der Waals surface area (Å²) in [5.41, 5.74) is 0.846. The number of carboxylic acid groups (broad SMARTS) is 2. The van der Waals surface area contributed by atoms with Crippen LogP contribution in [0.5, 0.6) is 0 Å². The Labute approximate surface area is 121 Å². The minimum absolute atomic E-state index is 0.0201. The third-order valence-corrected chi connectivity index (χ3v) is 2.59. The van der Waals surface area contributed by atoms with Crippen molar-refractivity contribution in [1.29, 1.82) is 0 Å². The van der Waals surface area contributed by atoms with Gasteiger partial charge >= 0.3 is 17.9 Å². The van der Waals surface area contributed by atoms with Crippen molar-refractivity contribution in [3.05, 3.63) is 35.9 Å². The van der Waals surface area contributed by atoms with Crippen molar-refractivity contribution < 1.29 is 29.3 Å². The molecule has 0 heterocycles. The molecule has 0 aliphatic carbocycles. The van der Waals surface area contributed by atoms with Gasteiger partial charge in [-0.05, 0) is 5.56 Å². The molecule has 1 aromatic rings. The number of carbonyl (C=O) groups is 3. The van der Waals surface area contributed by atoms with Gasteiger partial charge < -0.3 is 14.9 Å². The molecule has 0 unspecified atom stereocenters. The SMILES string of the molecule is O=C(O)CN(CCC(=O)OCc1ccccc1)CC(=O)O. The van der Waals surface area contributed by atoms with Crippen LogP contribution < -0.4 is 0 Å². The molecule has 7 heteroatoms. The van der Waals surface area contributed by atoms with Crippen LogP contribution in [0.4, 0.5) is 0 Å².